The number of rotatable bonds is 3. The van der Waals surface area contributed by atoms with Crippen LogP contribution >= 0.6 is 0 Å². The Bertz CT molecular complexity index is 347. The molecule has 0 spiro atoms. The highest BCUT2D eigenvalue weighted by Crippen LogP contribution is 2.52. The van der Waals surface area contributed by atoms with Crippen molar-refractivity contribution in [2.75, 3.05) is 13.1 Å². The second kappa shape index (κ2) is 3.42. The highest BCUT2D eigenvalue weighted by atomic mass is 16.2. The first-order valence-electron chi connectivity index (χ1n) is 5.97. The second-order valence-corrected chi connectivity index (χ2v) is 4.97. The van der Waals surface area contributed by atoms with E-state index >= 15 is 0 Å². The molecule has 4 nitrogen and oxygen atoms in total. The van der Waals surface area contributed by atoms with E-state index in [0.29, 0.717) is 31.3 Å². The van der Waals surface area contributed by atoms with Gasteiger partial charge in [0.05, 0.1) is 11.8 Å². The lowest BCUT2D eigenvalue weighted by molar-refractivity contribution is -0.140. The molecule has 2 amide bonds. The number of amides is 2. The first-order chi connectivity index (χ1) is 7.74. The van der Waals surface area contributed by atoms with Gasteiger partial charge in [0.2, 0.25) is 11.8 Å². The number of carbonyl (C=O) groups excluding carboxylic acids is 2. The standard InChI is InChI=1S/C12H16N2O2/c13-4-1-5-14-11(15)9-7-2-3-8(6-7)10(9)12(14)16/h2-3,7-10H,1,4-6,13H2/t7-,8-,9-,10-/m1/s1. The molecule has 0 unspecified atom stereocenters. The van der Waals surface area contributed by atoms with Gasteiger partial charge in [-0.1, -0.05) is 12.2 Å². The van der Waals surface area contributed by atoms with Crippen LogP contribution < -0.4 is 5.73 Å². The predicted octanol–water partition coefficient (Wildman–Crippen LogP) is 0.142. The van der Waals surface area contributed by atoms with Crippen LogP contribution in [0, 0.1) is 23.7 Å². The third-order valence-electron chi connectivity index (χ3n) is 4.15. The highest BCUT2D eigenvalue weighted by Gasteiger charge is 2.58. The molecule has 2 fully saturated rings. The second-order valence-electron chi connectivity index (χ2n) is 4.97. The maximum atomic E-state index is 12.1. The van der Waals surface area contributed by atoms with Gasteiger partial charge in [-0.15, -0.1) is 0 Å². The Hall–Kier alpha value is -1.16. The Morgan fingerprint density at radius 1 is 1.19 bits per heavy atom. The average Bonchev–Trinajstić information content (AvgIpc) is 2.92. The number of nitrogens with zero attached hydrogens (tertiary/aromatic N) is 1. The van der Waals surface area contributed by atoms with E-state index in [2.05, 4.69) is 12.2 Å². The van der Waals surface area contributed by atoms with Crippen LogP contribution in [0.15, 0.2) is 12.2 Å². The van der Waals surface area contributed by atoms with E-state index in [4.69, 9.17) is 5.73 Å². The molecular formula is C12H16N2O2. The monoisotopic (exact) mass is 220 g/mol. The maximum Gasteiger partial charge on any atom is 0.233 e. The van der Waals surface area contributed by atoms with Gasteiger partial charge in [-0.3, -0.25) is 14.5 Å². The van der Waals surface area contributed by atoms with Gasteiger partial charge in [-0.25, -0.2) is 0 Å². The summed E-state index contributed by atoms with van der Waals surface area (Å²) in [5, 5.41) is 0. The maximum absolute atomic E-state index is 12.1. The van der Waals surface area contributed by atoms with Crippen molar-refractivity contribution in [2.24, 2.45) is 29.4 Å². The lowest BCUT2D eigenvalue weighted by atomic mass is 9.85. The fourth-order valence-corrected chi connectivity index (χ4v) is 3.43. The van der Waals surface area contributed by atoms with Crippen LogP contribution in [0.3, 0.4) is 0 Å². The zero-order valence-corrected chi connectivity index (χ0v) is 9.13. The van der Waals surface area contributed by atoms with Gasteiger partial charge in [0.25, 0.3) is 0 Å². The summed E-state index contributed by atoms with van der Waals surface area (Å²) in [5.41, 5.74) is 5.42. The molecule has 4 heteroatoms. The van der Waals surface area contributed by atoms with Crippen molar-refractivity contribution in [3.63, 3.8) is 0 Å². The largest absolute Gasteiger partial charge is 0.330 e. The zero-order chi connectivity index (χ0) is 11.3. The molecule has 1 saturated heterocycles. The summed E-state index contributed by atoms with van der Waals surface area (Å²) >= 11 is 0. The quantitative estimate of drug-likeness (QED) is 0.543. The molecule has 1 heterocycles. The van der Waals surface area contributed by atoms with Crippen LogP contribution in [0.25, 0.3) is 0 Å². The molecule has 4 atom stereocenters. The summed E-state index contributed by atoms with van der Waals surface area (Å²) in [6.45, 7) is 1.03. The van der Waals surface area contributed by atoms with Crippen molar-refractivity contribution in [2.45, 2.75) is 12.8 Å². The Morgan fingerprint density at radius 3 is 2.25 bits per heavy atom. The van der Waals surface area contributed by atoms with Gasteiger partial charge in [-0.2, -0.15) is 0 Å². The number of allylic oxidation sites excluding steroid dienone is 2. The molecule has 1 saturated carbocycles. The SMILES string of the molecule is NCCCN1C(=O)[C@H]2[C@H](C1=O)[C@@H]1C=C[C@@H]2C1. The molecule has 0 aromatic heterocycles. The number of hydrogen-bond donors (Lipinski definition) is 1. The van der Waals surface area contributed by atoms with Crippen molar-refractivity contribution in [1.29, 1.82) is 0 Å². The van der Waals surface area contributed by atoms with Gasteiger partial charge in [0, 0.05) is 6.54 Å². The normalized spacial score (nSPS) is 39.9. The Labute approximate surface area is 94.5 Å². The lowest BCUT2D eigenvalue weighted by Crippen LogP contribution is -2.34. The van der Waals surface area contributed by atoms with Gasteiger partial charge in [-0.05, 0) is 31.2 Å². The summed E-state index contributed by atoms with van der Waals surface area (Å²) in [5.74, 6) is 0.602. The smallest absolute Gasteiger partial charge is 0.233 e. The van der Waals surface area contributed by atoms with Gasteiger partial charge >= 0.3 is 0 Å². The Morgan fingerprint density at radius 2 is 1.75 bits per heavy atom. The molecule has 3 aliphatic rings. The predicted molar refractivity (Wildman–Crippen MR) is 58.1 cm³/mol. The molecule has 0 aromatic carbocycles. The van der Waals surface area contributed by atoms with Gasteiger partial charge < -0.3 is 5.73 Å². The van der Waals surface area contributed by atoms with E-state index in [1.54, 1.807) is 0 Å². The van der Waals surface area contributed by atoms with Crippen LogP contribution in [0.4, 0.5) is 0 Å². The van der Waals surface area contributed by atoms with Crippen molar-refractivity contribution in [3.8, 4) is 0 Å². The molecule has 2 bridgehead atoms. The van der Waals surface area contributed by atoms with E-state index in [0.717, 1.165) is 6.42 Å². The van der Waals surface area contributed by atoms with E-state index in [-0.39, 0.29) is 23.7 Å². The minimum Gasteiger partial charge on any atom is -0.330 e. The zero-order valence-electron chi connectivity index (χ0n) is 9.13. The lowest BCUT2D eigenvalue weighted by Gasteiger charge is -2.16. The number of hydrogen-bond acceptors (Lipinski definition) is 3. The van der Waals surface area contributed by atoms with E-state index in [1.807, 2.05) is 0 Å². The fraction of sp³-hybridized carbons (Fsp3) is 0.667. The number of nitrogens with two attached hydrogens (primary N) is 1. The Balaban J connectivity index is 1.83. The molecule has 1 aliphatic heterocycles. The molecule has 16 heavy (non-hydrogen) atoms. The number of carbonyl (C=O) groups is 2. The van der Waals surface area contributed by atoms with Crippen LogP contribution in [0.2, 0.25) is 0 Å². The minimum atomic E-state index is -0.0553. The minimum absolute atomic E-state index is 0.0419. The topological polar surface area (TPSA) is 63.4 Å². The van der Waals surface area contributed by atoms with Crippen molar-refractivity contribution in [3.05, 3.63) is 12.2 Å². The van der Waals surface area contributed by atoms with E-state index in [1.165, 1.54) is 4.90 Å². The van der Waals surface area contributed by atoms with Crippen LogP contribution in [0.1, 0.15) is 12.8 Å². The van der Waals surface area contributed by atoms with Crippen LogP contribution in [-0.4, -0.2) is 29.8 Å². The van der Waals surface area contributed by atoms with Crippen molar-refractivity contribution >= 4 is 11.8 Å². The van der Waals surface area contributed by atoms with Gasteiger partial charge in [0.1, 0.15) is 0 Å². The molecule has 86 valence electrons. The van der Waals surface area contributed by atoms with Crippen molar-refractivity contribution < 1.29 is 9.59 Å². The first kappa shape index (κ1) is 10.0. The van der Waals surface area contributed by atoms with E-state index < -0.39 is 0 Å². The van der Waals surface area contributed by atoms with Gasteiger partial charge in [0.15, 0.2) is 0 Å². The third kappa shape index (κ3) is 1.13. The van der Waals surface area contributed by atoms with E-state index in [9.17, 15) is 9.59 Å². The molecule has 3 rings (SSSR count). The summed E-state index contributed by atoms with van der Waals surface area (Å²) in [7, 11) is 0. The summed E-state index contributed by atoms with van der Waals surface area (Å²) in [6, 6.07) is 0. The number of imide groups is 1. The summed E-state index contributed by atoms with van der Waals surface area (Å²) in [4.78, 5) is 25.7. The molecular weight excluding hydrogens is 204 g/mol. The molecule has 2 aliphatic carbocycles. The average molecular weight is 220 g/mol. The number of likely N-dealkylation sites (tertiary alicyclic amines) is 1. The molecule has 0 aromatic rings. The first-order valence-corrected chi connectivity index (χ1v) is 5.97. The number of fused-ring (bicyclic) bond motifs is 5. The van der Waals surface area contributed by atoms with Crippen LogP contribution in [-0.2, 0) is 9.59 Å². The Kier molecular flexibility index (Phi) is 2.14. The fourth-order valence-electron chi connectivity index (χ4n) is 3.43. The molecule has 2 N–H and O–H groups in total. The molecule has 0 radical (unpaired) electrons. The third-order valence-corrected chi connectivity index (χ3v) is 4.15. The summed E-state index contributed by atoms with van der Waals surface area (Å²) in [6.07, 6.45) is 5.93. The summed E-state index contributed by atoms with van der Waals surface area (Å²) < 4.78 is 0. The van der Waals surface area contributed by atoms with Crippen molar-refractivity contribution in [1.82, 2.24) is 4.90 Å². The van der Waals surface area contributed by atoms with Crippen LogP contribution in [0.5, 0.6) is 0 Å². The highest BCUT2D eigenvalue weighted by molar-refractivity contribution is 6.06.